The smallest absolute Gasteiger partial charge is 0.193 e. The molecule has 0 aliphatic rings. The zero-order chi connectivity index (χ0) is 15.9. The van der Waals surface area contributed by atoms with Crippen LogP contribution in [0.15, 0.2) is 47.5 Å². The van der Waals surface area contributed by atoms with E-state index in [0.717, 1.165) is 11.3 Å². The van der Waals surface area contributed by atoms with Crippen LogP contribution in [0.2, 0.25) is 5.02 Å². The van der Waals surface area contributed by atoms with E-state index in [1.807, 2.05) is 30.3 Å². The largest absolute Gasteiger partial charge is 0.493 e. The number of aliphatic imine (C=N–C) groups is 1. The fourth-order valence-corrected chi connectivity index (χ4v) is 1.99. The molecule has 22 heavy (non-hydrogen) atoms. The van der Waals surface area contributed by atoms with Gasteiger partial charge in [-0.25, -0.2) is 4.99 Å². The van der Waals surface area contributed by atoms with Crippen molar-refractivity contribution in [3.05, 3.63) is 53.1 Å². The van der Waals surface area contributed by atoms with Gasteiger partial charge in [-0.3, -0.25) is 0 Å². The summed E-state index contributed by atoms with van der Waals surface area (Å²) >= 11 is 5.84. The van der Waals surface area contributed by atoms with E-state index in [1.54, 1.807) is 26.4 Å². The molecule has 116 valence electrons. The highest BCUT2D eigenvalue weighted by atomic mass is 35.5. The highest BCUT2D eigenvalue weighted by molar-refractivity contribution is 6.30. The normalized spacial score (nSPS) is 11.1. The van der Waals surface area contributed by atoms with Gasteiger partial charge in [-0.05, 0) is 29.8 Å². The molecule has 0 aromatic heterocycles. The second kappa shape index (κ2) is 7.56. The molecular formula is C16H18ClN3O2. The van der Waals surface area contributed by atoms with E-state index in [-0.39, 0.29) is 0 Å². The number of halogens is 1. The summed E-state index contributed by atoms with van der Waals surface area (Å²) in [5.74, 6) is 1.60. The molecule has 3 N–H and O–H groups in total. The summed E-state index contributed by atoms with van der Waals surface area (Å²) in [5.41, 5.74) is 7.69. The molecule has 0 spiro atoms. The Bertz CT molecular complexity index is 657. The Hall–Kier alpha value is -2.40. The van der Waals surface area contributed by atoms with Crippen LogP contribution in [0.3, 0.4) is 0 Å². The standard InChI is InChI=1S/C16H18ClN3O2/c1-21-14-8-7-13(9-15(14)22-2)20-16(18)19-10-11-3-5-12(17)6-4-11/h3-9H,10H2,1-2H3,(H3,18,19,20). The van der Waals surface area contributed by atoms with E-state index in [1.165, 1.54) is 0 Å². The third-order valence-electron chi connectivity index (χ3n) is 3.00. The molecule has 6 heteroatoms. The number of nitrogens with one attached hydrogen (secondary N) is 1. The molecule has 0 aliphatic carbocycles. The lowest BCUT2D eigenvalue weighted by molar-refractivity contribution is 0.355. The summed E-state index contributed by atoms with van der Waals surface area (Å²) in [4.78, 5) is 4.29. The zero-order valence-corrected chi connectivity index (χ0v) is 13.2. The summed E-state index contributed by atoms with van der Waals surface area (Å²) in [7, 11) is 3.17. The highest BCUT2D eigenvalue weighted by Gasteiger charge is 2.05. The first-order valence-electron chi connectivity index (χ1n) is 6.66. The van der Waals surface area contributed by atoms with Gasteiger partial charge in [0.2, 0.25) is 0 Å². The number of hydrogen-bond acceptors (Lipinski definition) is 3. The van der Waals surface area contributed by atoms with Crippen molar-refractivity contribution >= 4 is 23.2 Å². The molecule has 0 radical (unpaired) electrons. The van der Waals surface area contributed by atoms with Crippen LogP contribution in [0, 0.1) is 0 Å². The molecule has 0 bridgehead atoms. The minimum atomic E-state index is 0.321. The first-order valence-corrected chi connectivity index (χ1v) is 7.03. The fourth-order valence-electron chi connectivity index (χ4n) is 1.87. The first-order chi connectivity index (χ1) is 10.6. The van der Waals surface area contributed by atoms with Gasteiger partial charge in [0.05, 0.1) is 20.8 Å². The van der Waals surface area contributed by atoms with E-state index in [4.69, 9.17) is 26.8 Å². The molecule has 0 amide bonds. The van der Waals surface area contributed by atoms with E-state index in [9.17, 15) is 0 Å². The van der Waals surface area contributed by atoms with Gasteiger partial charge in [-0.2, -0.15) is 0 Å². The van der Waals surface area contributed by atoms with Gasteiger partial charge in [-0.1, -0.05) is 23.7 Å². The average Bonchev–Trinajstić information content (AvgIpc) is 2.54. The van der Waals surface area contributed by atoms with Crippen molar-refractivity contribution in [2.45, 2.75) is 6.54 Å². The van der Waals surface area contributed by atoms with Crippen molar-refractivity contribution in [2.24, 2.45) is 10.7 Å². The maximum atomic E-state index is 5.89. The number of benzene rings is 2. The zero-order valence-electron chi connectivity index (χ0n) is 12.5. The van der Waals surface area contributed by atoms with Crippen LogP contribution in [0.4, 0.5) is 5.69 Å². The predicted octanol–water partition coefficient (Wildman–Crippen LogP) is 3.28. The van der Waals surface area contributed by atoms with Gasteiger partial charge in [0.25, 0.3) is 0 Å². The van der Waals surface area contributed by atoms with Crippen molar-refractivity contribution in [1.82, 2.24) is 0 Å². The molecule has 0 aliphatic heterocycles. The van der Waals surface area contributed by atoms with Crippen LogP contribution in [-0.2, 0) is 6.54 Å². The number of ether oxygens (including phenoxy) is 2. The molecule has 0 saturated carbocycles. The summed E-state index contributed by atoms with van der Waals surface area (Å²) < 4.78 is 10.4. The topological polar surface area (TPSA) is 68.9 Å². The molecule has 2 aromatic carbocycles. The lowest BCUT2D eigenvalue weighted by Gasteiger charge is -2.11. The molecule has 0 heterocycles. The Balaban J connectivity index is 2.03. The lowest BCUT2D eigenvalue weighted by Crippen LogP contribution is -2.22. The lowest BCUT2D eigenvalue weighted by atomic mass is 10.2. The number of methoxy groups -OCH3 is 2. The van der Waals surface area contributed by atoms with Crippen molar-refractivity contribution in [1.29, 1.82) is 0 Å². The number of guanidine groups is 1. The van der Waals surface area contributed by atoms with Crippen LogP contribution in [0.25, 0.3) is 0 Å². The summed E-state index contributed by atoms with van der Waals surface area (Å²) in [6, 6.07) is 12.9. The van der Waals surface area contributed by atoms with Crippen molar-refractivity contribution in [3.8, 4) is 11.5 Å². The number of anilines is 1. The SMILES string of the molecule is COc1ccc(NC(N)=NCc2ccc(Cl)cc2)cc1OC. The van der Waals surface area contributed by atoms with Crippen molar-refractivity contribution in [3.63, 3.8) is 0 Å². The van der Waals surface area contributed by atoms with E-state index >= 15 is 0 Å². The number of rotatable bonds is 5. The fraction of sp³-hybridized carbons (Fsp3) is 0.188. The Kier molecular flexibility index (Phi) is 5.49. The van der Waals surface area contributed by atoms with Gasteiger partial charge in [0.1, 0.15) is 0 Å². The predicted molar refractivity (Wildman–Crippen MR) is 89.9 cm³/mol. The Morgan fingerprint density at radius 1 is 1.09 bits per heavy atom. The van der Waals surface area contributed by atoms with Gasteiger partial charge < -0.3 is 20.5 Å². The summed E-state index contributed by atoms with van der Waals surface area (Å²) in [6.45, 7) is 0.475. The van der Waals surface area contributed by atoms with E-state index in [0.29, 0.717) is 29.0 Å². The molecule has 2 rings (SSSR count). The van der Waals surface area contributed by atoms with Crippen LogP contribution in [-0.4, -0.2) is 20.2 Å². The summed E-state index contributed by atoms with van der Waals surface area (Å²) in [6.07, 6.45) is 0. The average molecular weight is 320 g/mol. The molecule has 0 fully saturated rings. The second-order valence-corrected chi connectivity index (χ2v) is 4.96. The minimum absolute atomic E-state index is 0.321. The molecule has 0 unspecified atom stereocenters. The Labute approximate surface area is 134 Å². The van der Waals surface area contributed by atoms with E-state index in [2.05, 4.69) is 10.3 Å². The Morgan fingerprint density at radius 2 is 1.77 bits per heavy atom. The number of nitrogens with zero attached hydrogens (tertiary/aromatic N) is 1. The van der Waals surface area contributed by atoms with Gasteiger partial charge in [-0.15, -0.1) is 0 Å². The quantitative estimate of drug-likeness (QED) is 0.655. The molecular weight excluding hydrogens is 302 g/mol. The Morgan fingerprint density at radius 3 is 2.41 bits per heavy atom. The van der Waals surface area contributed by atoms with Gasteiger partial charge in [0.15, 0.2) is 17.5 Å². The summed E-state index contributed by atoms with van der Waals surface area (Å²) in [5, 5.41) is 3.71. The maximum absolute atomic E-state index is 5.89. The minimum Gasteiger partial charge on any atom is -0.493 e. The van der Waals surface area contributed by atoms with Crippen LogP contribution >= 0.6 is 11.6 Å². The van der Waals surface area contributed by atoms with Crippen LogP contribution in [0.5, 0.6) is 11.5 Å². The monoisotopic (exact) mass is 319 g/mol. The van der Waals surface area contributed by atoms with Crippen LogP contribution in [0.1, 0.15) is 5.56 Å². The van der Waals surface area contributed by atoms with Gasteiger partial charge in [0, 0.05) is 16.8 Å². The number of hydrogen-bond donors (Lipinski definition) is 2. The molecule has 2 aromatic rings. The van der Waals surface area contributed by atoms with Crippen LogP contribution < -0.4 is 20.5 Å². The molecule has 0 atom stereocenters. The first kappa shape index (κ1) is 16.0. The van der Waals surface area contributed by atoms with Crippen molar-refractivity contribution in [2.75, 3.05) is 19.5 Å². The van der Waals surface area contributed by atoms with Crippen molar-refractivity contribution < 1.29 is 9.47 Å². The third-order valence-corrected chi connectivity index (χ3v) is 3.25. The number of nitrogens with two attached hydrogens (primary N) is 1. The maximum Gasteiger partial charge on any atom is 0.193 e. The molecule has 0 saturated heterocycles. The highest BCUT2D eigenvalue weighted by Crippen LogP contribution is 2.29. The van der Waals surface area contributed by atoms with Gasteiger partial charge >= 0.3 is 0 Å². The van der Waals surface area contributed by atoms with E-state index < -0.39 is 0 Å². The third kappa shape index (κ3) is 4.30. The second-order valence-electron chi connectivity index (χ2n) is 4.52. The molecule has 5 nitrogen and oxygen atoms in total.